The molecule has 11 aromatic heterocycles. The van der Waals surface area contributed by atoms with Gasteiger partial charge in [-0.25, -0.2) is 39.9 Å². The fraction of sp³-hybridized carbons (Fsp3) is 0. The number of hydrogen-bond donors (Lipinski definition) is 0. The quantitative estimate of drug-likeness (QED) is 0.151. The second-order valence-corrected chi connectivity index (χ2v) is 28.3. The highest BCUT2D eigenvalue weighted by Crippen LogP contribution is 2.47. The van der Waals surface area contributed by atoms with E-state index >= 15 is 0 Å². The first-order valence-corrected chi connectivity index (χ1v) is 37.0. The number of hydrogen-bond acceptors (Lipinski definition) is 15. The van der Waals surface area contributed by atoms with Gasteiger partial charge >= 0.3 is 0 Å². The summed E-state index contributed by atoms with van der Waals surface area (Å²) in [5.41, 5.74) is 21.2. The van der Waals surface area contributed by atoms with Crippen LogP contribution in [0.15, 0.2) is 315 Å². The Bertz CT molecular complexity index is 6900. The number of fused-ring (bicyclic) bond motifs is 16. The Labute approximate surface area is 635 Å². The van der Waals surface area contributed by atoms with E-state index in [-0.39, 0.29) is 23.1 Å². The number of benzene rings is 9. The maximum Gasteiger partial charge on any atom is 0.212 e. The molecule has 9 aromatic carbocycles. The number of para-hydroxylation sites is 4. The molecule has 11 heterocycles. The summed E-state index contributed by atoms with van der Waals surface area (Å²) in [6, 6.07) is 92.8. The third-order valence-electron chi connectivity index (χ3n) is 21.1. The van der Waals surface area contributed by atoms with Crippen LogP contribution in [0.25, 0.3) is 176 Å². The summed E-state index contributed by atoms with van der Waals surface area (Å²) in [6.45, 7) is 0. The Morgan fingerprint density at radius 3 is 0.874 bits per heavy atom. The van der Waals surface area contributed by atoms with Gasteiger partial charge in [0.1, 0.15) is 22.8 Å². The van der Waals surface area contributed by atoms with Crippen LogP contribution in [0.5, 0.6) is 0 Å². The van der Waals surface area contributed by atoms with Crippen molar-refractivity contribution in [1.82, 2.24) is 49.8 Å². The van der Waals surface area contributed by atoms with E-state index in [2.05, 4.69) is 63.9 Å². The maximum absolute atomic E-state index is 13.2. The second kappa shape index (κ2) is 25.9. The fourth-order valence-corrected chi connectivity index (χ4v) is 16.7. The van der Waals surface area contributed by atoms with E-state index in [4.69, 9.17) is 39.9 Å². The van der Waals surface area contributed by atoms with E-state index < -0.39 is 0 Å². The molecule has 0 unspecified atom stereocenters. The van der Waals surface area contributed by atoms with Gasteiger partial charge in [0, 0.05) is 129 Å². The van der Waals surface area contributed by atoms with Crippen LogP contribution in [0.1, 0.15) is 64.2 Å². The largest absolute Gasteiger partial charge is 0.287 e. The maximum atomic E-state index is 13.2. The lowest BCUT2D eigenvalue weighted by Gasteiger charge is -2.20. The molecule has 4 aliphatic rings. The number of aromatic nitrogens is 10. The predicted molar refractivity (Wildman–Crippen MR) is 439 cm³/mol. The molecule has 0 amide bonds. The van der Waals surface area contributed by atoms with Gasteiger partial charge in [0.05, 0.1) is 72.5 Å². The van der Waals surface area contributed by atoms with Crippen LogP contribution in [0.4, 0.5) is 0 Å². The molecule has 0 N–H and O–H groups in total. The van der Waals surface area contributed by atoms with Gasteiger partial charge in [-0.05, 0) is 106 Å². The average molecular weight is 1440 g/mol. The van der Waals surface area contributed by atoms with Gasteiger partial charge in [-0.2, -0.15) is 0 Å². The van der Waals surface area contributed by atoms with Gasteiger partial charge < -0.3 is 0 Å². The molecule has 0 fully saturated rings. The molecule has 111 heavy (non-hydrogen) atoms. The number of thiophene rings is 1. The van der Waals surface area contributed by atoms with Crippen molar-refractivity contribution in [1.29, 1.82) is 0 Å². The van der Waals surface area contributed by atoms with Gasteiger partial charge in [-0.3, -0.25) is 29.1 Å². The molecule has 20 aromatic rings. The van der Waals surface area contributed by atoms with E-state index in [0.717, 1.165) is 176 Å². The average Bonchev–Trinajstić information content (AvgIpc) is 0.791. The highest BCUT2D eigenvalue weighted by atomic mass is 32.1. The molecule has 14 nitrogen and oxygen atoms in total. The standard InChI is InChI=1S/C25H14N2O.2C24H13N3O.C23H12N2OS/c28-25-18-12-5-4-11-17(18)23-22-19(14-21(27-23)15-8-2-1-3-9-15)16-10-6-7-13-20(16)26-24(22)25;28-24-17-9-2-1-8-16(17)22-21-18(12-20(27-22)14-6-5-11-25-13-14)15-7-3-4-10-19(15)26-23(21)24;28-24-17-7-2-1-6-16(17)22-21-18(13-20(27-22)14-9-11-25-12-10-14)15-5-3-4-8-19(15)26-23(21)24;26-23-15-8-2-1-7-14(15)21-20-16(12-18(25-21)19-10-5-11-27-19)13-6-3-4-9-17(13)24-22(20)23/h1-14H;2*1-13H;1-12H. The molecule has 0 aliphatic heterocycles. The Hall–Kier alpha value is -15.1. The lowest BCUT2D eigenvalue weighted by molar-refractivity contribution is 0.102. The summed E-state index contributed by atoms with van der Waals surface area (Å²) < 4.78 is 0. The first-order valence-electron chi connectivity index (χ1n) is 36.1. The van der Waals surface area contributed by atoms with Crippen molar-refractivity contribution in [2.24, 2.45) is 0 Å². The molecule has 4 aliphatic carbocycles. The van der Waals surface area contributed by atoms with E-state index in [1.807, 2.05) is 243 Å². The Morgan fingerprint density at radius 1 is 0.216 bits per heavy atom. The first kappa shape index (κ1) is 64.3. The molecule has 0 saturated heterocycles. The number of ketones is 4. The SMILES string of the molecule is O=C1c2ccccc2-c2nc(-c3ccccc3)cc3c2c1nc1ccccc13.O=C1c2ccccc2-c2nc(-c3cccnc3)cc3c2c1nc1ccccc13.O=C1c2ccccc2-c2nc(-c3cccs3)cc3c2c1nc1ccccc13.O=C1c2ccccc2-c2nc(-c3ccncc3)cc3c2c1nc1ccccc13. The summed E-state index contributed by atoms with van der Waals surface area (Å²) in [4.78, 5) is 101. The molecule has 516 valence electrons. The highest BCUT2D eigenvalue weighted by Gasteiger charge is 2.34. The minimum atomic E-state index is -0.0465. The molecule has 0 saturated carbocycles. The highest BCUT2D eigenvalue weighted by molar-refractivity contribution is 7.13. The lowest BCUT2D eigenvalue weighted by atomic mass is 9.87. The summed E-state index contributed by atoms with van der Waals surface area (Å²) in [6.07, 6.45) is 7.09. The van der Waals surface area contributed by atoms with Gasteiger partial charge in [-0.1, -0.05) is 206 Å². The number of rotatable bonds is 4. The molecule has 24 rings (SSSR count). The van der Waals surface area contributed by atoms with Crippen LogP contribution in [-0.4, -0.2) is 73.0 Å². The molecule has 15 heteroatoms. The number of carbonyl (C=O) groups excluding carboxylic acids is 4. The molecule has 0 radical (unpaired) electrons. The van der Waals surface area contributed by atoms with Crippen molar-refractivity contribution in [2.45, 2.75) is 0 Å². The normalized spacial score (nSPS) is 12.4. The minimum absolute atomic E-state index is 0.0282. The third kappa shape index (κ3) is 10.5. The van der Waals surface area contributed by atoms with Crippen molar-refractivity contribution in [3.63, 3.8) is 0 Å². The third-order valence-corrected chi connectivity index (χ3v) is 22.0. The van der Waals surface area contributed by atoms with Crippen LogP contribution in [0, 0.1) is 0 Å². The molecular weight excluding hydrogens is 1390 g/mol. The summed E-state index contributed by atoms with van der Waals surface area (Å²) in [7, 11) is 0. The van der Waals surface area contributed by atoms with Crippen LogP contribution < -0.4 is 0 Å². The van der Waals surface area contributed by atoms with Gasteiger partial charge in [0.2, 0.25) is 23.1 Å². The van der Waals surface area contributed by atoms with Crippen molar-refractivity contribution < 1.29 is 19.2 Å². The lowest BCUT2D eigenvalue weighted by Crippen LogP contribution is -2.13. The fourth-order valence-electron chi connectivity index (χ4n) is 16.0. The van der Waals surface area contributed by atoms with Crippen LogP contribution >= 0.6 is 11.3 Å². The minimum Gasteiger partial charge on any atom is -0.287 e. The Morgan fingerprint density at radius 2 is 0.523 bits per heavy atom. The van der Waals surface area contributed by atoms with Crippen LogP contribution in [0.2, 0.25) is 0 Å². The molecule has 0 bridgehead atoms. The predicted octanol–water partition coefficient (Wildman–Crippen LogP) is 21.5. The molecular formula is C96H52N10O4S. The van der Waals surface area contributed by atoms with E-state index in [1.54, 1.807) is 29.9 Å². The van der Waals surface area contributed by atoms with E-state index in [0.29, 0.717) is 45.0 Å². The monoisotopic (exact) mass is 1440 g/mol. The number of carbonyl (C=O) groups is 4. The van der Waals surface area contributed by atoms with Gasteiger partial charge in [0.15, 0.2) is 0 Å². The van der Waals surface area contributed by atoms with E-state index in [1.165, 1.54) is 0 Å². The Balaban J connectivity index is 0.0000000937. The van der Waals surface area contributed by atoms with Crippen LogP contribution in [0.3, 0.4) is 0 Å². The van der Waals surface area contributed by atoms with Crippen molar-refractivity contribution in [3.05, 3.63) is 360 Å². The zero-order valence-electron chi connectivity index (χ0n) is 58.5. The van der Waals surface area contributed by atoms with Crippen LogP contribution in [-0.2, 0) is 0 Å². The van der Waals surface area contributed by atoms with Gasteiger partial charge in [0.25, 0.3) is 0 Å². The van der Waals surface area contributed by atoms with Crippen molar-refractivity contribution >= 4 is 121 Å². The van der Waals surface area contributed by atoms with Gasteiger partial charge in [-0.15, -0.1) is 11.3 Å². The van der Waals surface area contributed by atoms with Crippen molar-refractivity contribution in [3.8, 4) is 89.4 Å². The first-order chi connectivity index (χ1) is 54.7. The smallest absolute Gasteiger partial charge is 0.212 e. The Kier molecular flexibility index (Phi) is 15.0. The topological polar surface area (TPSA) is 197 Å². The summed E-state index contributed by atoms with van der Waals surface area (Å²) in [5, 5.41) is 13.6. The van der Waals surface area contributed by atoms with E-state index in [9.17, 15) is 19.2 Å². The second-order valence-electron chi connectivity index (χ2n) is 27.3. The molecule has 0 atom stereocenters. The van der Waals surface area contributed by atoms with Crippen molar-refractivity contribution in [2.75, 3.05) is 0 Å². The zero-order valence-corrected chi connectivity index (χ0v) is 59.4. The number of nitrogens with zero attached hydrogens (tertiary/aromatic N) is 10. The summed E-state index contributed by atoms with van der Waals surface area (Å²) >= 11 is 1.67. The zero-order chi connectivity index (χ0) is 74.0. The summed E-state index contributed by atoms with van der Waals surface area (Å²) in [5.74, 6) is -0.153. The number of pyridine rings is 10. The molecule has 0 spiro atoms.